The molecule has 0 saturated carbocycles. The van der Waals surface area contributed by atoms with Crippen LogP contribution in [0.5, 0.6) is 0 Å². The number of anilines is 2. The summed E-state index contributed by atoms with van der Waals surface area (Å²) in [4.78, 5) is 4.53. The fraction of sp³-hybridized carbons (Fsp3) is 0.400. The van der Waals surface area contributed by atoms with Crippen LogP contribution in [-0.4, -0.2) is 24.7 Å². The average Bonchev–Trinajstić information content (AvgIpc) is 3.08. The Morgan fingerprint density at radius 2 is 2.39 bits per heavy atom. The highest BCUT2D eigenvalue weighted by Gasteiger charge is 2.15. The van der Waals surface area contributed by atoms with E-state index in [1.165, 1.54) is 17.4 Å². The lowest BCUT2D eigenvalue weighted by molar-refractivity contribution is 0.0595. The molecule has 0 amide bonds. The smallest absolute Gasteiger partial charge is 0.192 e. The van der Waals surface area contributed by atoms with Crippen molar-refractivity contribution in [3.8, 4) is 0 Å². The summed E-state index contributed by atoms with van der Waals surface area (Å²) in [5, 5.41) is 6.32. The van der Waals surface area contributed by atoms with E-state index in [0.29, 0.717) is 21.5 Å². The molecule has 0 spiro atoms. The SMILES string of the molecule is Fc1cc(NCC2CCCOC2)c(Cl)cc1SNc1nccs1. The molecule has 8 heteroatoms. The molecule has 0 aliphatic carbocycles. The monoisotopic (exact) mass is 373 g/mol. The van der Waals surface area contributed by atoms with Crippen LogP contribution in [-0.2, 0) is 4.74 Å². The van der Waals surface area contributed by atoms with Gasteiger partial charge in [0.05, 0.1) is 22.2 Å². The first-order chi connectivity index (χ1) is 11.2. The van der Waals surface area contributed by atoms with Gasteiger partial charge in [0, 0.05) is 24.7 Å². The van der Waals surface area contributed by atoms with Crippen LogP contribution in [0.4, 0.5) is 15.2 Å². The van der Waals surface area contributed by atoms with E-state index in [1.807, 2.05) is 5.38 Å². The largest absolute Gasteiger partial charge is 0.383 e. The van der Waals surface area contributed by atoms with Crippen molar-refractivity contribution in [2.24, 2.45) is 5.92 Å². The molecule has 2 N–H and O–H groups in total. The maximum Gasteiger partial charge on any atom is 0.192 e. The maximum absolute atomic E-state index is 14.2. The third-order valence-corrected chi connectivity index (χ3v) is 5.50. The summed E-state index contributed by atoms with van der Waals surface area (Å²) >= 11 is 8.89. The predicted octanol–water partition coefficient (Wildman–Crippen LogP) is 4.89. The number of nitrogens with zero attached hydrogens (tertiary/aromatic N) is 1. The van der Waals surface area contributed by atoms with Crippen LogP contribution in [0.3, 0.4) is 0 Å². The number of benzene rings is 1. The lowest BCUT2D eigenvalue weighted by atomic mass is 10.0. The van der Waals surface area contributed by atoms with Crippen molar-refractivity contribution < 1.29 is 9.13 Å². The molecule has 124 valence electrons. The Kier molecular flexibility index (Phi) is 5.99. The average molecular weight is 374 g/mol. The first kappa shape index (κ1) is 16.8. The van der Waals surface area contributed by atoms with E-state index in [-0.39, 0.29) is 5.82 Å². The second-order valence-electron chi connectivity index (χ2n) is 5.27. The molecule has 1 fully saturated rings. The van der Waals surface area contributed by atoms with Crippen molar-refractivity contribution in [1.82, 2.24) is 4.98 Å². The highest BCUT2D eigenvalue weighted by molar-refractivity contribution is 8.00. The van der Waals surface area contributed by atoms with Crippen LogP contribution in [0.2, 0.25) is 5.02 Å². The molecule has 3 rings (SSSR count). The molecular weight excluding hydrogens is 357 g/mol. The molecule has 0 bridgehead atoms. The standard InChI is InChI=1S/C15H17ClFN3OS2/c16-11-6-14(23-20-15-18-3-5-22-15)12(17)7-13(11)19-8-10-2-1-4-21-9-10/h3,5-7,10,19H,1-2,4,8-9H2,(H,18,20). The summed E-state index contributed by atoms with van der Waals surface area (Å²) in [5.41, 5.74) is 0.619. The Morgan fingerprint density at radius 1 is 1.48 bits per heavy atom. The Labute approximate surface area is 147 Å². The van der Waals surface area contributed by atoms with Crippen molar-refractivity contribution in [1.29, 1.82) is 0 Å². The lowest BCUT2D eigenvalue weighted by Gasteiger charge is -2.23. The van der Waals surface area contributed by atoms with Gasteiger partial charge < -0.3 is 14.8 Å². The van der Waals surface area contributed by atoms with E-state index >= 15 is 0 Å². The molecule has 2 aromatic rings. The lowest BCUT2D eigenvalue weighted by Crippen LogP contribution is -2.24. The minimum Gasteiger partial charge on any atom is -0.383 e. The molecule has 0 radical (unpaired) electrons. The molecule has 1 saturated heterocycles. The number of ether oxygens (including phenoxy) is 1. The zero-order valence-corrected chi connectivity index (χ0v) is 14.7. The van der Waals surface area contributed by atoms with Gasteiger partial charge in [-0.15, -0.1) is 11.3 Å². The molecule has 1 aliphatic heterocycles. The van der Waals surface area contributed by atoms with E-state index in [2.05, 4.69) is 15.0 Å². The molecule has 1 unspecified atom stereocenters. The van der Waals surface area contributed by atoms with Gasteiger partial charge in [-0.05, 0) is 42.8 Å². The van der Waals surface area contributed by atoms with Crippen LogP contribution >= 0.6 is 34.9 Å². The third-order valence-electron chi connectivity index (χ3n) is 3.54. The van der Waals surface area contributed by atoms with Crippen molar-refractivity contribution in [3.05, 3.63) is 34.5 Å². The highest BCUT2D eigenvalue weighted by Crippen LogP contribution is 2.32. The summed E-state index contributed by atoms with van der Waals surface area (Å²) in [6.45, 7) is 2.33. The van der Waals surface area contributed by atoms with Crippen molar-refractivity contribution in [3.63, 3.8) is 0 Å². The molecule has 2 heterocycles. The van der Waals surface area contributed by atoms with E-state index in [4.69, 9.17) is 16.3 Å². The van der Waals surface area contributed by atoms with Gasteiger partial charge in [-0.25, -0.2) is 9.37 Å². The zero-order valence-electron chi connectivity index (χ0n) is 12.4. The fourth-order valence-electron chi connectivity index (χ4n) is 2.34. The number of thiazole rings is 1. The Balaban J connectivity index is 1.60. The molecule has 1 atom stereocenters. The van der Waals surface area contributed by atoms with E-state index in [9.17, 15) is 4.39 Å². The minimum absolute atomic E-state index is 0.314. The quantitative estimate of drug-likeness (QED) is 0.705. The fourth-order valence-corrected chi connectivity index (χ4v) is 3.91. The number of hydrogen-bond acceptors (Lipinski definition) is 6. The van der Waals surface area contributed by atoms with E-state index in [1.54, 1.807) is 12.3 Å². The second-order valence-corrected chi connectivity index (χ2v) is 7.42. The summed E-state index contributed by atoms with van der Waals surface area (Å²) in [6.07, 6.45) is 3.89. The van der Waals surface area contributed by atoms with Crippen LogP contribution in [0.25, 0.3) is 0 Å². The van der Waals surface area contributed by atoms with Crippen LogP contribution in [0, 0.1) is 11.7 Å². The van der Waals surface area contributed by atoms with Crippen LogP contribution in [0.1, 0.15) is 12.8 Å². The van der Waals surface area contributed by atoms with Gasteiger partial charge >= 0.3 is 0 Å². The molecule has 4 nitrogen and oxygen atoms in total. The van der Waals surface area contributed by atoms with E-state index < -0.39 is 0 Å². The number of nitrogens with one attached hydrogen (secondary N) is 2. The summed E-state index contributed by atoms with van der Waals surface area (Å²) in [5.74, 6) is 0.134. The molecule has 1 aromatic carbocycles. The van der Waals surface area contributed by atoms with Gasteiger partial charge in [0.15, 0.2) is 5.13 Å². The Hall–Kier alpha value is -1.02. The second kappa shape index (κ2) is 8.19. The van der Waals surface area contributed by atoms with Gasteiger partial charge in [0.25, 0.3) is 0 Å². The van der Waals surface area contributed by atoms with Crippen molar-refractivity contribution in [2.75, 3.05) is 29.8 Å². The number of halogens is 2. The summed E-state index contributed by atoms with van der Waals surface area (Å²) < 4.78 is 22.7. The maximum atomic E-state index is 14.2. The highest BCUT2D eigenvalue weighted by atomic mass is 35.5. The number of hydrogen-bond donors (Lipinski definition) is 2. The van der Waals surface area contributed by atoms with E-state index in [0.717, 1.165) is 49.7 Å². The van der Waals surface area contributed by atoms with Crippen LogP contribution in [0.15, 0.2) is 28.6 Å². The van der Waals surface area contributed by atoms with Gasteiger partial charge in [0.2, 0.25) is 0 Å². The minimum atomic E-state index is -0.314. The number of rotatable bonds is 6. The Morgan fingerprint density at radius 3 is 3.13 bits per heavy atom. The van der Waals surface area contributed by atoms with Gasteiger partial charge in [-0.3, -0.25) is 0 Å². The summed E-state index contributed by atoms with van der Waals surface area (Å²) in [6, 6.07) is 3.07. The predicted molar refractivity (Wildman–Crippen MR) is 95.0 cm³/mol. The third kappa shape index (κ3) is 4.73. The first-order valence-corrected chi connectivity index (χ1v) is 9.43. The Bertz CT molecular complexity index is 636. The van der Waals surface area contributed by atoms with Gasteiger partial charge in [-0.2, -0.15) is 0 Å². The molecule has 1 aromatic heterocycles. The summed E-state index contributed by atoms with van der Waals surface area (Å²) in [7, 11) is 0. The number of aromatic nitrogens is 1. The van der Waals surface area contributed by atoms with Gasteiger partial charge in [0.1, 0.15) is 5.82 Å². The first-order valence-electron chi connectivity index (χ1n) is 7.35. The van der Waals surface area contributed by atoms with Crippen molar-refractivity contribution in [2.45, 2.75) is 17.7 Å². The topological polar surface area (TPSA) is 46.2 Å². The molecular formula is C15H17ClFN3OS2. The zero-order chi connectivity index (χ0) is 16.1. The van der Waals surface area contributed by atoms with Crippen LogP contribution < -0.4 is 10.0 Å². The molecule has 23 heavy (non-hydrogen) atoms. The van der Waals surface area contributed by atoms with Crippen molar-refractivity contribution >= 4 is 45.7 Å². The van der Waals surface area contributed by atoms with Gasteiger partial charge in [-0.1, -0.05) is 11.6 Å². The normalized spacial score (nSPS) is 17.9. The molecule has 1 aliphatic rings.